The monoisotopic (exact) mass is 964 g/mol. The molecule has 0 radical (unpaired) electrons. The number of ether oxygens (including phenoxy) is 2. The fourth-order valence-electron chi connectivity index (χ4n) is 13.3. The van der Waals surface area contributed by atoms with Crippen molar-refractivity contribution in [2.45, 2.75) is 233 Å². The fraction of sp³-hybridized carbons (Fsp3) is 1.00. The maximum atomic E-state index is 16.3. The van der Waals surface area contributed by atoms with Crippen LogP contribution < -0.4 is 0 Å². The van der Waals surface area contributed by atoms with Crippen molar-refractivity contribution in [2.75, 3.05) is 13.2 Å². The molecule has 1 heterocycles. The van der Waals surface area contributed by atoms with E-state index in [9.17, 15) is 13.2 Å². The summed E-state index contributed by atoms with van der Waals surface area (Å²) in [6.07, 6.45) is -9.14. The summed E-state index contributed by atoms with van der Waals surface area (Å²) in [5, 5.41) is 0. The molecule has 4 rings (SSSR count). The summed E-state index contributed by atoms with van der Waals surface area (Å²) in [4.78, 5) is 10.8. The van der Waals surface area contributed by atoms with Gasteiger partial charge in [-0.05, 0) is 128 Å². The first-order valence-electron chi connectivity index (χ1n) is 22.9. The Morgan fingerprint density at radius 3 is 1.61 bits per heavy atom. The highest BCUT2D eigenvalue weighted by molar-refractivity contribution is 6.68. The molecule has 0 N–H and O–H groups in total. The van der Waals surface area contributed by atoms with Crippen LogP contribution in [0.15, 0.2) is 0 Å². The summed E-state index contributed by atoms with van der Waals surface area (Å²) in [6.45, 7) is 29.8. The molecule has 6 unspecified atom stereocenters. The third kappa shape index (κ3) is 9.21. The quantitative estimate of drug-likeness (QED) is 0.0539. The molecule has 15 heteroatoms. The molecule has 4 fully saturated rings. The van der Waals surface area contributed by atoms with Crippen LogP contribution in [0.5, 0.6) is 0 Å². The lowest BCUT2D eigenvalue weighted by atomic mass is 9.40. The highest BCUT2D eigenvalue weighted by Gasteiger charge is 2.83. The smallest absolute Gasteiger partial charge is 0.353 e. The van der Waals surface area contributed by atoms with E-state index in [-0.39, 0.29) is 58.2 Å². The maximum absolute atomic E-state index is 16.3. The third-order valence-electron chi connectivity index (χ3n) is 17.2. The molecule has 1 aliphatic heterocycles. The third-order valence-corrected chi connectivity index (χ3v) is 18.0. The molecule has 368 valence electrons. The normalized spacial score (nSPS) is 31.3. The minimum atomic E-state index is -5.92. The van der Waals surface area contributed by atoms with Crippen molar-refractivity contribution >= 4 is 34.8 Å². The van der Waals surface area contributed by atoms with Crippen molar-refractivity contribution in [2.24, 2.45) is 49.2 Å². The molecule has 0 aromatic rings. The van der Waals surface area contributed by atoms with Crippen molar-refractivity contribution in [3.05, 3.63) is 0 Å². The van der Waals surface area contributed by atoms with E-state index in [0.717, 1.165) is 0 Å². The van der Waals surface area contributed by atoms with E-state index < -0.39 is 95.2 Å². The zero-order chi connectivity index (χ0) is 48.3. The number of alkyl halides is 11. The summed E-state index contributed by atoms with van der Waals surface area (Å²) < 4.78 is 133. The summed E-state index contributed by atoms with van der Waals surface area (Å²) in [7, 11) is 0. The van der Waals surface area contributed by atoms with Gasteiger partial charge in [0.1, 0.15) is 0 Å². The Morgan fingerprint density at radius 1 is 0.661 bits per heavy atom. The summed E-state index contributed by atoms with van der Waals surface area (Å²) >= 11 is 19.6. The van der Waals surface area contributed by atoms with E-state index >= 15 is 22.0 Å². The lowest BCUT2D eigenvalue weighted by molar-refractivity contribution is -0.456. The molecule has 3 saturated carbocycles. The van der Waals surface area contributed by atoms with Gasteiger partial charge in [-0.1, -0.05) is 139 Å². The number of hydrogen-bond acceptors (Lipinski definition) is 4. The SMILES string of the molecule is CC.CCCOOC1(C(F)(F)C(F)(F)F)CCCC1C(C)(CC(C)(C)C)C(C)(C)C(C)(C)CC(C)(C(C)(C)C)C12CCC(C(OC3CCCCO3)(C(F)(F)F)C(Cl)(Cl)Cl)(CC1)C2. The van der Waals surface area contributed by atoms with Gasteiger partial charge in [0.2, 0.25) is 9.39 Å². The minimum absolute atomic E-state index is 0.0514. The van der Waals surface area contributed by atoms with Crippen LogP contribution in [0.3, 0.4) is 0 Å². The minimum Gasteiger partial charge on any atom is -0.353 e. The Labute approximate surface area is 383 Å². The number of rotatable bonds is 15. The molecule has 4 aliphatic rings. The molecule has 2 bridgehead atoms. The van der Waals surface area contributed by atoms with E-state index in [1.807, 2.05) is 69.2 Å². The van der Waals surface area contributed by atoms with Crippen LogP contribution in [0, 0.1) is 49.2 Å². The van der Waals surface area contributed by atoms with Gasteiger partial charge in [-0.25, -0.2) is 9.78 Å². The summed E-state index contributed by atoms with van der Waals surface area (Å²) in [5.41, 5.74) is -13.4. The lowest BCUT2D eigenvalue weighted by Gasteiger charge is -2.65. The number of halogens is 11. The van der Waals surface area contributed by atoms with E-state index in [4.69, 9.17) is 54.1 Å². The van der Waals surface area contributed by atoms with Crippen molar-refractivity contribution < 1.29 is 54.4 Å². The van der Waals surface area contributed by atoms with Gasteiger partial charge in [0.25, 0.3) is 0 Å². The molecular formula is C47H79Cl3F8O4. The Hall–Kier alpha value is 0.150. The highest BCUT2D eigenvalue weighted by atomic mass is 35.6. The second-order valence-corrected chi connectivity index (χ2v) is 25.3. The van der Waals surface area contributed by atoms with Crippen molar-refractivity contribution in [3.8, 4) is 0 Å². The average Bonchev–Trinajstić information content (AvgIpc) is 3.84. The molecule has 62 heavy (non-hydrogen) atoms. The van der Waals surface area contributed by atoms with E-state index in [1.54, 1.807) is 6.92 Å². The Balaban J connectivity index is 0.00000504. The van der Waals surface area contributed by atoms with Crippen molar-refractivity contribution in [3.63, 3.8) is 0 Å². The first-order chi connectivity index (χ1) is 27.8. The number of hydrogen-bond donors (Lipinski definition) is 0. The molecule has 0 amide bonds. The van der Waals surface area contributed by atoms with Gasteiger partial charge < -0.3 is 9.47 Å². The molecular weight excluding hydrogens is 887 g/mol. The molecule has 0 aromatic carbocycles. The van der Waals surface area contributed by atoms with E-state index in [0.29, 0.717) is 38.5 Å². The van der Waals surface area contributed by atoms with Crippen molar-refractivity contribution in [1.29, 1.82) is 0 Å². The molecule has 6 atom stereocenters. The first kappa shape index (κ1) is 56.5. The van der Waals surface area contributed by atoms with Gasteiger partial charge in [-0.2, -0.15) is 35.1 Å². The van der Waals surface area contributed by atoms with Crippen LogP contribution in [0.1, 0.15) is 194 Å². The maximum Gasteiger partial charge on any atom is 0.456 e. The summed E-state index contributed by atoms with van der Waals surface area (Å²) in [6, 6.07) is 0. The number of fused-ring (bicyclic) bond motifs is 2. The van der Waals surface area contributed by atoms with Crippen molar-refractivity contribution in [1.82, 2.24) is 0 Å². The first-order valence-corrected chi connectivity index (χ1v) is 24.1. The van der Waals surface area contributed by atoms with Gasteiger partial charge in [-0.3, -0.25) is 0 Å². The topological polar surface area (TPSA) is 36.9 Å². The lowest BCUT2D eigenvalue weighted by Crippen LogP contribution is -2.68. The van der Waals surface area contributed by atoms with Gasteiger partial charge in [0.15, 0.2) is 11.9 Å². The predicted molar refractivity (Wildman–Crippen MR) is 233 cm³/mol. The van der Waals surface area contributed by atoms with Crippen LogP contribution in [-0.4, -0.2) is 52.8 Å². The van der Waals surface area contributed by atoms with E-state index in [1.165, 1.54) is 0 Å². The van der Waals surface area contributed by atoms with Gasteiger partial charge in [0, 0.05) is 17.9 Å². The molecule has 0 spiro atoms. The van der Waals surface area contributed by atoms with E-state index in [2.05, 4.69) is 27.7 Å². The second kappa shape index (κ2) is 18.2. The Bertz CT molecular complexity index is 1470. The Kier molecular flexibility index (Phi) is 16.6. The van der Waals surface area contributed by atoms with Crippen LogP contribution in [0.4, 0.5) is 35.1 Å². The molecule has 4 nitrogen and oxygen atoms in total. The van der Waals surface area contributed by atoms with Gasteiger partial charge >= 0.3 is 18.3 Å². The molecule has 1 saturated heterocycles. The second-order valence-electron chi connectivity index (χ2n) is 23.1. The summed E-state index contributed by atoms with van der Waals surface area (Å²) in [5.74, 6) is -6.55. The largest absolute Gasteiger partial charge is 0.456 e. The van der Waals surface area contributed by atoms with Crippen LogP contribution in [0.2, 0.25) is 0 Å². The van der Waals surface area contributed by atoms with Crippen LogP contribution in [-0.2, 0) is 19.2 Å². The molecule has 0 aromatic heterocycles. The van der Waals surface area contributed by atoms with Crippen LogP contribution in [0.25, 0.3) is 0 Å². The zero-order valence-corrected chi connectivity index (χ0v) is 42.5. The Morgan fingerprint density at radius 2 is 1.19 bits per heavy atom. The molecule has 3 aliphatic carbocycles. The van der Waals surface area contributed by atoms with Crippen LogP contribution >= 0.6 is 34.8 Å². The highest BCUT2D eigenvalue weighted by Crippen LogP contribution is 2.80. The van der Waals surface area contributed by atoms with Gasteiger partial charge in [-0.15, -0.1) is 0 Å². The van der Waals surface area contributed by atoms with Gasteiger partial charge in [0.05, 0.1) is 6.61 Å². The fourth-order valence-corrected chi connectivity index (χ4v) is 14.3. The predicted octanol–water partition coefficient (Wildman–Crippen LogP) is 17.2. The zero-order valence-electron chi connectivity index (χ0n) is 40.3. The standard InChI is InChI=1S/C45H73Cl3F8O4.C2H6/c1-14-25-58-60-40(42(49,50)45(54,55)56)20-17-18-30(40)36(12,27-32(2,3)4)35(10,11)34(8,9)28-37(13,33(5,6)7)38-21-23-39(29-38,24-22-38)41(43(46,47)48,44(51,52)53)59-31-19-15-16-26-57-31;1-2/h30-31H,14-29H2,1-13H3;1-2H3. The average molecular weight is 966 g/mol.